The Morgan fingerprint density at radius 3 is 2.85 bits per heavy atom. The summed E-state index contributed by atoms with van der Waals surface area (Å²) in [5.41, 5.74) is 2.47. The number of halogens is 1. The normalized spacial score (nSPS) is 13.8. The zero-order chi connectivity index (χ0) is 18.5. The highest BCUT2D eigenvalue weighted by atomic mass is 35.5. The van der Waals surface area contributed by atoms with E-state index in [1.54, 1.807) is 24.3 Å². The first kappa shape index (κ1) is 18.5. The fourth-order valence-electron chi connectivity index (χ4n) is 2.86. The van der Waals surface area contributed by atoms with Crippen LogP contribution < -0.4 is 14.8 Å². The van der Waals surface area contributed by atoms with Crippen LogP contribution in [0.15, 0.2) is 30.3 Å². The highest BCUT2D eigenvalue weighted by Crippen LogP contribution is 2.26. The topological polar surface area (TPSA) is 80.7 Å². The minimum Gasteiger partial charge on any atom is -0.491 e. The summed E-state index contributed by atoms with van der Waals surface area (Å²) in [6.45, 7) is 0.119. The Hall–Kier alpha value is -2.31. The summed E-state index contributed by atoms with van der Waals surface area (Å²) in [6, 6.07) is 8.68. The third kappa shape index (κ3) is 4.45. The van der Waals surface area contributed by atoms with Gasteiger partial charge in [-0.3, -0.25) is 4.79 Å². The van der Waals surface area contributed by atoms with Crippen molar-refractivity contribution in [3.8, 4) is 11.6 Å². The minimum atomic E-state index is -0.844. The number of aromatic nitrogens is 1. The van der Waals surface area contributed by atoms with Gasteiger partial charge in [0.05, 0.1) is 7.11 Å². The summed E-state index contributed by atoms with van der Waals surface area (Å²) in [5.74, 6) is 0.592. The molecule has 1 aromatic heterocycles. The van der Waals surface area contributed by atoms with Gasteiger partial charge in [-0.2, -0.15) is 0 Å². The van der Waals surface area contributed by atoms with E-state index in [2.05, 4.69) is 10.3 Å². The molecule has 0 fully saturated rings. The number of methoxy groups -OCH3 is 1. The molecule has 1 atom stereocenters. The van der Waals surface area contributed by atoms with Gasteiger partial charge in [-0.15, -0.1) is 0 Å². The number of aryl methyl sites for hydroxylation is 2. The van der Waals surface area contributed by atoms with Gasteiger partial charge in [-0.05, 0) is 55.2 Å². The molecular weight excluding hydrogens is 356 g/mol. The van der Waals surface area contributed by atoms with Crippen molar-refractivity contribution < 1.29 is 19.4 Å². The summed E-state index contributed by atoms with van der Waals surface area (Å²) < 4.78 is 10.7. The van der Waals surface area contributed by atoms with Gasteiger partial charge in [0.1, 0.15) is 24.0 Å². The zero-order valence-corrected chi connectivity index (χ0v) is 15.3. The van der Waals surface area contributed by atoms with Gasteiger partial charge in [0.25, 0.3) is 5.91 Å². The number of rotatable bonds is 7. The van der Waals surface area contributed by atoms with Gasteiger partial charge in [0, 0.05) is 17.3 Å². The van der Waals surface area contributed by atoms with E-state index in [4.69, 9.17) is 21.1 Å². The summed E-state index contributed by atoms with van der Waals surface area (Å²) in [7, 11) is 1.50. The van der Waals surface area contributed by atoms with Gasteiger partial charge in [0.15, 0.2) is 0 Å². The van der Waals surface area contributed by atoms with Crippen LogP contribution in [0.5, 0.6) is 11.6 Å². The van der Waals surface area contributed by atoms with Crippen LogP contribution in [-0.4, -0.2) is 42.4 Å². The molecule has 1 amide bonds. The molecule has 0 saturated carbocycles. The van der Waals surface area contributed by atoms with Crippen LogP contribution in [0.1, 0.15) is 28.0 Å². The molecule has 1 aliphatic rings. The molecule has 1 aliphatic carbocycles. The molecule has 1 aromatic carbocycles. The lowest BCUT2D eigenvalue weighted by Gasteiger charge is -2.14. The number of carbonyl (C=O) groups excluding carboxylic acids is 1. The number of aliphatic hydroxyl groups is 1. The Morgan fingerprint density at radius 1 is 1.35 bits per heavy atom. The molecule has 7 heteroatoms. The molecule has 0 spiro atoms. The zero-order valence-electron chi connectivity index (χ0n) is 14.5. The maximum Gasteiger partial charge on any atom is 0.256 e. The predicted octanol–water partition coefficient (Wildman–Crippen LogP) is 2.40. The number of pyridine rings is 1. The summed E-state index contributed by atoms with van der Waals surface area (Å²) >= 11 is 5.81. The van der Waals surface area contributed by atoms with E-state index in [0.29, 0.717) is 22.2 Å². The first-order valence-electron chi connectivity index (χ1n) is 8.48. The third-order valence-electron chi connectivity index (χ3n) is 4.21. The van der Waals surface area contributed by atoms with E-state index in [1.165, 1.54) is 7.11 Å². The Balaban J connectivity index is 1.54. The van der Waals surface area contributed by atoms with Crippen molar-refractivity contribution in [2.75, 3.05) is 20.3 Å². The number of nitrogens with one attached hydrogen (secondary N) is 1. The van der Waals surface area contributed by atoms with Crippen molar-refractivity contribution in [2.24, 2.45) is 0 Å². The van der Waals surface area contributed by atoms with Crippen LogP contribution >= 0.6 is 11.6 Å². The molecule has 0 saturated heterocycles. The lowest BCUT2D eigenvalue weighted by atomic mass is 10.1. The van der Waals surface area contributed by atoms with Crippen LogP contribution in [0, 0.1) is 0 Å². The van der Waals surface area contributed by atoms with Crippen molar-refractivity contribution >= 4 is 17.5 Å². The van der Waals surface area contributed by atoms with Crippen molar-refractivity contribution in [3.63, 3.8) is 0 Å². The molecule has 0 radical (unpaired) electrons. The monoisotopic (exact) mass is 376 g/mol. The molecule has 2 N–H and O–H groups in total. The van der Waals surface area contributed by atoms with Crippen molar-refractivity contribution in [2.45, 2.75) is 25.4 Å². The first-order chi connectivity index (χ1) is 12.6. The van der Waals surface area contributed by atoms with Crippen LogP contribution in [0.3, 0.4) is 0 Å². The van der Waals surface area contributed by atoms with Gasteiger partial charge >= 0.3 is 0 Å². The lowest BCUT2D eigenvalue weighted by molar-refractivity contribution is 0.0840. The molecule has 2 aromatic rings. The predicted molar refractivity (Wildman–Crippen MR) is 98.1 cm³/mol. The number of hydrogen-bond acceptors (Lipinski definition) is 5. The van der Waals surface area contributed by atoms with E-state index < -0.39 is 6.10 Å². The number of hydrogen-bond donors (Lipinski definition) is 2. The Kier molecular flexibility index (Phi) is 5.96. The Morgan fingerprint density at radius 2 is 2.12 bits per heavy atom. The Bertz CT molecular complexity index is 780. The van der Waals surface area contributed by atoms with Gasteiger partial charge in [-0.1, -0.05) is 11.6 Å². The molecule has 6 nitrogen and oxygen atoms in total. The number of amides is 1. The molecule has 3 rings (SSSR count). The van der Waals surface area contributed by atoms with E-state index in [1.807, 2.05) is 6.07 Å². The highest BCUT2D eigenvalue weighted by Gasteiger charge is 2.21. The van der Waals surface area contributed by atoms with Crippen LogP contribution in [-0.2, 0) is 12.8 Å². The van der Waals surface area contributed by atoms with Gasteiger partial charge in [0.2, 0.25) is 5.88 Å². The second-order valence-corrected chi connectivity index (χ2v) is 6.57. The van der Waals surface area contributed by atoms with E-state index in [-0.39, 0.29) is 19.1 Å². The molecule has 26 heavy (non-hydrogen) atoms. The second-order valence-electron chi connectivity index (χ2n) is 6.13. The van der Waals surface area contributed by atoms with E-state index in [9.17, 15) is 9.90 Å². The standard InChI is InChI=1S/C19H21ClN2O4/c1-25-19-16(9-12-3-2-4-17(12)22-19)18(24)21-10-14(23)11-26-15-7-5-13(20)6-8-15/h5-9,14,23H,2-4,10-11H2,1H3,(H,21,24)/t14-/m0/s1. The fraction of sp³-hybridized carbons (Fsp3) is 0.368. The summed E-state index contributed by atoms with van der Waals surface area (Å²) in [5, 5.41) is 13.3. The average Bonchev–Trinajstić information content (AvgIpc) is 3.12. The molecule has 0 bridgehead atoms. The summed E-state index contributed by atoms with van der Waals surface area (Å²) in [4.78, 5) is 16.9. The quantitative estimate of drug-likeness (QED) is 0.775. The van der Waals surface area contributed by atoms with Crippen molar-refractivity contribution in [1.82, 2.24) is 10.3 Å². The third-order valence-corrected chi connectivity index (χ3v) is 4.46. The number of ether oxygens (including phenoxy) is 2. The van der Waals surface area contributed by atoms with Crippen LogP contribution in [0.2, 0.25) is 5.02 Å². The lowest BCUT2D eigenvalue weighted by Crippen LogP contribution is -2.35. The van der Waals surface area contributed by atoms with Gasteiger partial charge < -0.3 is 19.9 Å². The maximum absolute atomic E-state index is 12.4. The maximum atomic E-state index is 12.4. The van der Waals surface area contributed by atoms with Crippen LogP contribution in [0.25, 0.3) is 0 Å². The van der Waals surface area contributed by atoms with Crippen molar-refractivity contribution in [3.05, 3.63) is 52.2 Å². The van der Waals surface area contributed by atoms with E-state index in [0.717, 1.165) is 30.5 Å². The smallest absolute Gasteiger partial charge is 0.256 e. The number of nitrogens with zero attached hydrogens (tertiary/aromatic N) is 1. The summed E-state index contributed by atoms with van der Waals surface area (Å²) in [6.07, 6.45) is 2.03. The number of aliphatic hydroxyl groups excluding tert-OH is 1. The SMILES string of the molecule is COc1nc2c(cc1C(=O)NC[C@H](O)COc1ccc(Cl)cc1)CCC2. The van der Waals surface area contributed by atoms with Crippen molar-refractivity contribution in [1.29, 1.82) is 0 Å². The largest absolute Gasteiger partial charge is 0.491 e. The highest BCUT2D eigenvalue weighted by molar-refractivity contribution is 6.30. The molecule has 138 valence electrons. The number of fused-ring (bicyclic) bond motifs is 1. The fourth-order valence-corrected chi connectivity index (χ4v) is 2.99. The Labute approximate surface area is 157 Å². The number of benzene rings is 1. The first-order valence-corrected chi connectivity index (χ1v) is 8.86. The molecule has 0 aliphatic heterocycles. The van der Waals surface area contributed by atoms with Gasteiger partial charge in [-0.25, -0.2) is 4.98 Å². The minimum absolute atomic E-state index is 0.0570. The second kappa shape index (κ2) is 8.38. The average molecular weight is 377 g/mol. The molecule has 0 unspecified atom stereocenters. The van der Waals surface area contributed by atoms with E-state index >= 15 is 0 Å². The van der Waals surface area contributed by atoms with Crippen LogP contribution in [0.4, 0.5) is 0 Å². The molecule has 1 heterocycles. The molecular formula is C19H21ClN2O4. The number of carbonyl (C=O) groups is 1.